The molecule has 0 aliphatic heterocycles. The zero-order valence-corrected chi connectivity index (χ0v) is 16.2. The standard InChI is InChI=1S/C18H34N2O4/c1-16(2,3)23-14(21)18(7,19)11-12-8-9-13(10-12)20-15(22)24-17(4,5)6/h12-13H,8-11,19H2,1-7H3,(H,20,22)/t12-,13-,18?/m1/s1. The number of nitrogens with two attached hydrogens (primary N) is 1. The summed E-state index contributed by atoms with van der Waals surface area (Å²) in [6.07, 6.45) is 2.75. The average molecular weight is 342 g/mol. The van der Waals surface area contributed by atoms with Gasteiger partial charge in [0.05, 0.1) is 0 Å². The van der Waals surface area contributed by atoms with Crippen molar-refractivity contribution in [1.82, 2.24) is 5.32 Å². The maximum atomic E-state index is 12.2. The monoisotopic (exact) mass is 342 g/mol. The molecule has 0 spiro atoms. The molecule has 1 rings (SSSR count). The van der Waals surface area contributed by atoms with Gasteiger partial charge in [0.25, 0.3) is 0 Å². The Hall–Kier alpha value is -1.30. The molecule has 0 saturated heterocycles. The number of hydrogen-bond donors (Lipinski definition) is 2. The molecule has 1 saturated carbocycles. The Bertz CT molecular complexity index is 461. The Morgan fingerprint density at radius 3 is 2.04 bits per heavy atom. The van der Waals surface area contributed by atoms with Crippen LogP contribution in [0.4, 0.5) is 4.79 Å². The van der Waals surface area contributed by atoms with E-state index >= 15 is 0 Å². The van der Waals surface area contributed by atoms with Crippen LogP contribution in [0.5, 0.6) is 0 Å². The molecule has 1 fully saturated rings. The van der Waals surface area contributed by atoms with Gasteiger partial charge in [-0.3, -0.25) is 4.79 Å². The predicted molar refractivity (Wildman–Crippen MR) is 93.6 cm³/mol. The highest BCUT2D eigenvalue weighted by atomic mass is 16.6. The van der Waals surface area contributed by atoms with Crippen LogP contribution in [0.2, 0.25) is 0 Å². The Kier molecular flexibility index (Phi) is 6.31. The zero-order chi connectivity index (χ0) is 18.8. The molecule has 24 heavy (non-hydrogen) atoms. The third-order valence-electron chi connectivity index (χ3n) is 3.84. The number of amides is 1. The minimum atomic E-state index is -1.02. The number of esters is 1. The SMILES string of the molecule is CC(C)(C)OC(=O)N[C@@H]1CC[C@@H](CC(C)(N)C(=O)OC(C)(C)C)C1. The second kappa shape index (κ2) is 7.30. The minimum absolute atomic E-state index is 0.0688. The van der Waals surface area contributed by atoms with Crippen molar-refractivity contribution in [1.29, 1.82) is 0 Å². The average Bonchev–Trinajstić information content (AvgIpc) is 2.70. The largest absolute Gasteiger partial charge is 0.459 e. The summed E-state index contributed by atoms with van der Waals surface area (Å²) in [5.41, 5.74) is 4.12. The van der Waals surface area contributed by atoms with Crippen molar-refractivity contribution >= 4 is 12.1 Å². The van der Waals surface area contributed by atoms with E-state index in [2.05, 4.69) is 5.32 Å². The van der Waals surface area contributed by atoms with E-state index in [9.17, 15) is 9.59 Å². The first-order valence-corrected chi connectivity index (χ1v) is 8.70. The fraction of sp³-hybridized carbons (Fsp3) is 0.889. The number of carbonyl (C=O) groups is 2. The number of alkyl carbamates (subject to hydrolysis) is 1. The van der Waals surface area contributed by atoms with Gasteiger partial charge in [-0.05, 0) is 80.1 Å². The van der Waals surface area contributed by atoms with Crippen LogP contribution < -0.4 is 11.1 Å². The molecule has 6 nitrogen and oxygen atoms in total. The van der Waals surface area contributed by atoms with Crippen LogP contribution in [0.25, 0.3) is 0 Å². The predicted octanol–water partition coefficient (Wildman–Crippen LogP) is 3.13. The lowest BCUT2D eigenvalue weighted by molar-refractivity contribution is -0.161. The second-order valence-corrected chi connectivity index (χ2v) is 9.15. The molecule has 0 bridgehead atoms. The maximum Gasteiger partial charge on any atom is 0.407 e. The van der Waals surface area contributed by atoms with E-state index in [-0.39, 0.29) is 17.9 Å². The van der Waals surface area contributed by atoms with Crippen molar-refractivity contribution in [2.45, 2.75) is 96.9 Å². The summed E-state index contributed by atoms with van der Waals surface area (Å²) in [7, 11) is 0. The van der Waals surface area contributed by atoms with Gasteiger partial charge < -0.3 is 20.5 Å². The molecule has 1 unspecified atom stereocenters. The molecule has 3 N–H and O–H groups in total. The summed E-state index contributed by atoms with van der Waals surface area (Å²) in [4.78, 5) is 24.1. The van der Waals surface area contributed by atoms with Gasteiger partial charge in [0.2, 0.25) is 0 Å². The van der Waals surface area contributed by atoms with E-state index in [4.69, 9.17) is 15.2 Å². The van der Waals surface area contributed by atoms with E-state index in [1.165, 1.54) is 0 Å². The summed E-state index contributed by atoms with van der Waals surface area (Å²) in [6, 6.07) is 0.0688. The van der Waals surface area contributed by atoms with Crippen LogP contribution in [0.1, 0.15) is 74.1 Å². The molecule has 1 amide bonds. The molecule has 0 heterocycles. The first kappa shape index (κ1) is 20.7. The Labute approximate surface area is 145 Å². The zero-order valence-electron chi connectivity index (χ0n) is 16.2. The van der Waals surface area contributed by atoms with Crippen LogP contribution in [-0.4, -0.2) is 34.8 Å². The molecule has 140 valence electrons. The van der Waals surface area contributed by atoms with Crippen molar-refractivity contribution in [2.75, 3.05) is 0 Å². The fourth-order valence-corrected chi connectivity index (χ4v) is 2.94. The minimum Gasteiger partial charge on any atom is -0.459 e. The van der Waals surface area contributed by atoms with Gasteiger partial charge >= 0.3 is 12.1 Å². The highest BCUT2D eigenvalue weighted by molar-refractivity contribution is 5.80. The van der Waals surface area contributed by atoms with Crippen molar-refractivity contribution in [2.24, 2.45) is 11.7 Å². The third kappa shape index (κ3) is 7.51. The summed E-state index contributed by atoms with van der Waals surface area (Å²) in [5, 5.41) is 2.90. The third-order valence-corrected chi connectivity index (χ3v) is 3.84. The number of hydrogen-bond acceptors (Lipinski definition) is 5. The topological polar surface area (TPSA) is 90.6 Å². The molecule has 6 heteroatoms. The number of rotatable bonds is 4. The van der Waals surface area contributed by atoms with Gasteiger partial charge in [-0.1, -0.05) is 0 Å². The summed E-state index contributed by atoms with van der Waals surface area (Å²) in [5.74, 6) is -0.0917. The molecule has 1 aliphatic carbocycles. The second-order valence-electron chi connectivity index (χ2n) is 9.15. The maximum absolute atomic E-state index is 12.2. The smallest absolute Gasteiger partial charge is 0.407 e. The quantitative estimate of drug-likeness (QED) is 0.766. The molecular formula is C18H34N2O4. The molecule has 1 aliphatic rings. The van der Waals surface area contributed by atoms with E-state index in [0.29, 0.717) is 6.42 Å². The molecule has 3 atom stereocenters. The van der Waals surface area contributed by atoms with Crippen LogP contribution in [0.3, 0.4) is 0 Å². The Morgan fingerprint density at radius 2 is 1.54 bits per heavy atom. The molecule has 0 radical (unpaired) electrons. The summed E-state index contributed by atoms with van der Waals surface area (Å²) < 4.78 is 10.7. The van der Waals surface area contributed by atoms with Crippen LogP contribution in [0, 0.1) is 5.92 Å². The number of ether oxygens (including phenoxy) is 2. The normalized spacial score (nSPS) is 24.2. The Morgan fingerprint density at radius 1 is 1.00 bits per heavy atom. The van der Waals surface area contributed by atoms with Gasteiger partial charge in [-0.25, -0.2) is 4.79 Å². The lowest BCUT2D eigenvalue weighted by Gasteiger charge is -2.30. The van der Waals surface area contributed by atoms with Crippen molar-refractivity contribution in [3.63, 3.8) is 0 Å². The van der Waals surface area contributed by atoms with Crippen LogP contribution in [0.15, 0.2) is 0 Å². The van der Waals surface area contributed by atoms with Gasteiger partial charge in [0.15, 0.2) is 0 Å². The first-order valence-electron chi connectivity index (χ1n) is 8.70. The molecule has 0 aromatic carbocycles. The lowest BCUT2D eigenvalue weighted by atomic mass is 9.88. The molecule has 0 aromatic heterocycles. The first-order chi connectivity index (χ1) is 10.7. The van der Waals surface area contributed by atoms with Gasteiger partial charge in [-0.15, -0.1) is 0 Å². The van der Waals surface area contributed by atoms with Crippen LogP contribution >= 0.6 is 0 Å². The van der Waals surface area contributed by atoms with E-state index in [1.54, 1.807) is 6.92 Å². The van der Waals surface area contributed by atoms with E-state index in [0.717, 1.165) is 19.3 Å². The van der Waals surface area contributed by atoms with Crippen molar-refractivity contribution in [3.05, 3.63) is 0 Å². The van der Waals surface area contributed by atoms with Gasteiger partial charge in [0.1, 0.15) is 16.7 Å². The van der Waals surface area contributed by atoms with E-state index in [1.807, 2.05) is 41.5 Å². The highest BCUT2D eigenvalue weighted by Gasteiger charge is 2.38. The van der Waals surface area contributed by atoms with Crippen molar-refractivity contribution < 1.29 is 19.1 Å². The molecule has 0 aromatic rings. The van der Waals surface area contributed by atoms with E-state index < -0.39 is 22.8 Å². The van der Waals surface area contributed by atoms with Crippen molar-refractivity contribution in [3.8, 4) is 0 Å². The van der Waals surface area contributed by atoms with Gasteiger partial charge in [-0.2, -0.15) is 0 Å². The number of nitrogens with one attached hydrogen (secondary N) is 1. The summed E-state index contributed by atoms with van der Waals surface area (Å²) >= 11 is 0. The molecular weight excluding hydrogens is 308 g/mol. The fourth-order valence-electron chi connectivity index (χ4n) is 2.94. The van der Waals surface area contributed by atoms with Gasteiger partial charge in [0, 0.05) is 6.04 Å². The highest BCUT2D eigenvalue weighted by Crippen LogP contribution is 2.32. The van der Waals surface area contributed by atoms with Crippen LogP contribution in [-0.2, 0) is 14.3 Å². The summed E-state index contributed by atoms with van der Waals surface area (Å²) in [6.45, 7) is 12.7. The Balaban J connectivity index is 2.49. The number of carbonyl (C=O) groups excluding carboxylic acids is 2. The lowest BCUT2D eigenvalue weighted by Crippen LogP contribution is -2.49.